The molecule has 1 heterocycles. The Balaban J connectivity index is 2.33. The number of ether oxygens (including phenoxy) is 1. The van der Waals surface area contributed by atoms with Crippen LogP contribution >= 0.6 is 15.9 Å². The van der Waals surface area contributed by atoms with E-state index in [9.17, 15) is 0 Å². The maximum atomic E-state index is 5.18. The third-order valence-corrected chi connectivity index (χ3v) is 2.33. The van der Waals surface area contributed by atoms with Gasteiger partial charge < -0.3 is 4.74 Å². The van der Waals surface area contributed by atoms with Gasteiger partial charge in [0.15, 0.2) is 0 Å². The van der Waals surface area contributed by atoms with Crippen LogP contribution in [-0.2, 0) is 4.74 Å². The fourth-order valence-corrected chi connectivity index (χ4v) is 1.12. The molecule has 0 radical (unpaired) electrons. The lowest BCUT2D eigenvalue weighted by atomic mass is 10.0. The molecule has 1 saturated heterocycles. The molecule has 0 spiro atoms. The monoisotopic (exact) mass is 178 g/mol. The molecular formula is C6H11BrO. The quantitative estimate of drug-likeness (QED) is 0.516. The molecule has 0 atom stereocenters. The van der Waals surface area contributed by atoms with Crippen LogP contribution in [0.1, 0.15) is 19.8 Å². The molecule has 1 aliphatic rings. The van der Waals surface area contributed by atoms with Gasteiger partial charge in [0, 0.05) is 17.5 Å². The lowest BCUT2D eigenvalue weighted by Crippen LogP contribution is -2.26. The van der Waals surface area contributed by atoms with Gasteiger partial charge in [-0.25, -0.2) is 0 Å². The summed E-state index contributed by atoms with van der Waals surface area (Å²) < 4.78 is 5.54. The molecule has 0 amide bonds. The van der Waals surface area contributed by atoms with E-state index in [0.29, 0.717) is 4.32 Å². The van der Waals surface area contributed by atoms with Gasteiger partial charge in [0.25, 0.3) is 0 Å². The fraction of sp³-hybridized carbons (Fsp3) is 1.00. The summed E-state index contributed by atoms with van der Waals surface area (Å²) in [4.78, 5) is 0. The first kappa shape index (κ1) is 6.56. The summed E-state index contributed by atoms with van der Waals surface area (Å²) >= 11 is 3.61. The summed E-state index contributed by atoms with van der Waals surface area (Å²) in [7, 11) is 0. The van der Waals surface area contributed by atoms with Gasteiger partial charge in [0.2, 0.25) is 0 Å². The molecule has 0 N–H and O–H groups in total. The van der Waals surface area contributed by atoms with Crippen LogP contribution in [0.5, 0.6) is 0 Å². The highest BCUT2D eigenvalue weighted by atomic mass is 79.9. The van der Waals surface area contributed by atoms with Gasteiger partial charge in [-0.2, -0.15) is 0 Å². The predicted octanol–water partition coefficient (Wildman–Crippen LogP) is 1.95. The van der Waals surface area contributed by atoms with Crippen LogP contribution in [0.3, 0.4) is 0 Å². The second-order valence-corrected chi connectivity index (χ2v) is 4.44. The zero-order valence-corrected chi connectivity index (χ0v) is 6.70. The summed E-state index contributed by atoms with van der Waals surface area (Å²) in [6.45, 7) is 4.05. The molecular weight excluding hydrogens is 168 g/mol. The van der Waals surface area contributed by atoms with Crippen LogP contribution in [0.15, 0.2) is 0 Å². The molecule has 0 unspecified atom stereocenters. The Bertz CT molecular complexity index is 72.6. The normalized spacial score (nSPS) is 27.8. The van der Waals surface area contributed by atoms with Gasteiger partial charge in [0.05, 0.1) is 0 Å². The summed E-state index contributed by atoms with van der Waals surface area (Å²) in [5, 5.41) is 0. The van der Waals surface area contributed by atoms with Crippen molar-refractivity contribution in [2.75, 3.05) is 13.2 Å². The number of halogens is 1. The zero-order chi connectivity index (χ0) is 6.04. The number of rotatable bonds is 0. The molecule has 1 fully saturated rings. The van der Waals surface area contributed by atoms with E-state index < -0.39 is 0 Å². The molecule has 0 aliphatic carbocycles. The van der Waals surface area contributed by atoms with Crippen LogP contribution in [0.2, 0.25) is 0 Å². The number of hydrogen-bond acceptors (Lipinski definition) is 1. The van der Waals surface area contributed by atoms with Crippen molar-refractivity contribution >= 4 is 15.9 Å². The fourth-order valence-electron chi connectivity index (χ4n) is 0.797. The summed E-state index contributed by atoms with van der Waals surface area (Å²) in [5.41, 5.74) is 0. The molecule has 0 aromatic rings. The maximum absolute atomic E-state index is 5.18. The van der Waals surface area contributed by atoms with Gasteiger partial charge in [-0.1, -0.05) is 15.9 Å². The van der Waals surface area contributed by atoms with Gasteiger partial charge in [-0.3, -0.25) is 0 Å². The van der Waals surface area contributed by atoms with Crippen molar-refractivity contribution in [3.63, 3.8) is 0 Å². The Morgan fingerprint density at radius 3 is 2.12 bits per heavy atom. The van der Waals surface area contributed by atoms with E-state index in [4.69, 9.17) is 4.74 Å². The second-order valence-electron chi connectivity index (χ2n) is 2.53. The summed E-state index contributed by atoms with van der Waals surface area (Å²) in [5.74, 6) is 0. The topological polar surface area (TPSA) is 9.23 Å². The van der Waals surface area contributed by atoms with Crippen LogP contribution in [0.25, 0.3) is 0 Å². The minimum atomic E-state index is 0.366. The molecule has 0 bridgehead atoms. The lowest BCUT2D eigenvalue weighted by molar-refractivity contribution is 0.0831. The third kappa shape index (κ3) is 1.75. The van der Waals surface area contributed by atoms with Crippen molar-refractivity contribution in [2.24, 2.45) is 0 Å². The van der Waals surface area contributed by atoms with Crippen molar-refractivity contribution in [2.45, 2.75) is 24.1 Å². The maximum Gasteiger partial charge on any atom is 0.0479 e. The van der Waals surface area contributed by atoms with E-state index >= 15 is 0 Å². The van der Waals surface area contributed by atoms with E-state index in [-0.39, 0.29) is 0 Å². The summed E-state index contributed by atoms with van der Waals surface area (Å²) in [6, 6.07) is 0. The van der Waals surface area contributed by atoms with E-state index in [1.54, 1.807) is 0 Å². The first-order valence-corrected chi connectivity index (χ1v) is 3.77. The van der Waals surface area contributed by atoms with Gasteiger partial charge in [-0.05, 0) is 19.8 Å². The van der Waals surface area contributed by atoms with E-state index in [2.05, 4.69) is 22.9 Å². The molecule has 2 heteroatoms. The molecule has 8 heavy (non-hydrogen) atoms. The van der Waals surface area contributed by atoms with Crippen molar-refractivity contribution in [1.82, 2.24) is 0 Å². The molecule has 0 aromatic carbocycles. The Kier molecular flexibility index (Phi) is 1.93. The standard InChI is InChI=1S/C6H11BrO/c1-6(7)2-4-8-5-3-6/h2-5H2,1H3. The van der Waals surface area contributed by atoms with Crippen LogP contribution in [-0.4, -0.2) is 17.5 Å². The van der Waals surface area contributed by atoms with Crippen LogP contribution in [0, 0.1) is 0 Å². The van der Waals surface area contributed by atoms with Gasteiger partial charge >= 0.3 is 0 Å². The molecule has 1 aliphatic heterocycles. The van der Waals surface area contributed by atoms with Crippen molar-refractivity contribution in [1.29, 1.82) is 0 Å². The summed E-state index contributed by atoms with van der Waals surface area (Å²) in [6.07, 6.45) is 2.29. The first-order valence-electron chi connectivity index (χ1n) is 2.97. The second kappa shape index (κ2) is 2.36. The molecule has 0 saturated carbocycles. The Labute approximate surface area is 58.5 Å². The molecule has 1 rings (SSSR count). The van der Waals surface area contributed by atoms with Gasteiger partial charge in [-0.15, -0.1) is 0 Å². The Morgan fingerprint density at radius 2 is 1.88 bits per heavy atom. The minimum absolute atomic E-state index is 0.366. The number of hydrogen-bond donors (Lipinski definition) is 0. The van der Waals surface area contributed by atoms with Crippen LogP contribution in [0.4, 0.5) is 0 Å². The largest absolute Gasteiger partial charge is 0.381 e. The highest BCUT2D eigenvalue weighted by Gasteiger charge is 2.22. The first-order chi connectivity index (χ1) is 3.71. The SMILES string of the molecule is CC1(Br)CCOCC1. The predicted molar refractivity (Wildman–Crippen MR) is 37.4 cm³/mol. The molecule has 0 aromatic heterocycles. The average molecular weight is 179 g/mol. The van der Waals surface area contributed by atoms with E-state index in [1.807, 2.05) is 0 Å². The van der Waals surface area contributed by atoms with Crippen molar-refractivity contribution in [3.05, 3.63) is 0 Å². The van der Waals surface area contributed by atoms with Crippen molar-refractivity contribution in [3.8, 4) is 0 Å². The highest BCUT2D eigenvalue weighted by Crippen LogP contribution is 2.28. The van der Waals surface area contributed by atoms with E-state index in [1.165, 1.54) is 0 Å². The van der Waals surface area contributed by atoms with Crippen LogP contribution < -0.4 is 0 Å². The van der Waals surface area contributed by atoms with E-state index in [0.717, 1.165) is 26.1 Å². The van der Waals surface area contributed by atoms with Gasteiger partial charge in [0.1, 0.15) is 0 Å². The lowest BCUT2D eigenvalue weighted by Gasteiger charge is -2.26. The smallest absolute Gasteiger partial charge is 0.0479 e. The molecule has 48 valence electrons. The number of alkyl halides is 1. The zero-order valence-electron chi connectivity index (χ0n) is 5.11. The highest BCUT2D eigenvalue weighted by molar-refractivity contribution is 9.10. The Hall–Kier alpha value is 0.440. The average Bonchev–Trinajstić information content (AvgIpc) is 1.65. The van der Waals surface area contributed by atoms with Crippen molar-refractivity contribution < 1.29 is 4.74 Å². The Morgan fingerprint density at radius 1 is 1.38 bits per heavy atom. The third-order valence-electron chi connectivity index (χ3n) is 1.54. The minimum Gasteiger partial charge on any atom is -0.381 e. The molecule has 1 nitrogen and oxygen atoms in total.